The van der Waals surface area contributed by atoms with Crippen LogP contribution in [0.3, 0.4) is 0 Å². The molecule has 0 aromatic rings. The molecule has 0 spiro atoms. The van der Waals surface area contributed by atoms with Crippen molar-refractivity contribution in [2.75, 3.05) is 19.8 Å². The van der Waals surface area contributed by atoms with Crippen LogP contribution in [-0.2, 0) is 23.8 Å². The van der Waals surface area contributed by atoms with Crippen molar-refractivity contribution in [3.8, 4) is 0 Å². The van der Waals surface area contributed by atoms with Crippen LogP contribution in [0.4, 0.5) is 4.79 Å². The summed E-state index contributed by atoms with van der Waals surface area (Å²) in [4.78, 5) is 34.7. The fraction of sp³-hybridized carbons (Fsp3) is 0.643. The number of imide groups is 1. The van der Waals surface area contributed by atoms with Gasteiger partial charge in [-0.3, -0.25) is 10.1 Å². The molecule has 8 heteroatoms. The maximum absolute atomic E-state index is 11.6. The lowest BCUT2D eigenvalue weighted by atomic mass is 9.96. The third kappa shape index (κ3) is 5.27. The molecule has 1 saturated carbocycles. The predicted octanol–water partition coefficient (Wildman–Crippen LogP) is 0.576. The summed E-state index contributed by atoms with van der Waals surface area (Å²) in [5.41, 5.74) is 0. The molecule has 0 unspecified atom stereocenters. The highest BCUT2D eigenvalue weighted by Gasteiger charge is 2.20. The van der Waals surface area contributed by atoms with Crippen LogP contribution >= 0.6 is 0 Å². The molecular weight excluding hydrogens is 292 g/mol. The van der Waals surface area contributed by atoms with Crippen molar-refractivity contribution in [2.24, 2.45) is 0 Å². The number of carbonyl (C=O) groups is 3. The Morgan fingerprint density at radius 3 is 2.64 bits per heavy atom. The highest BCUT2D eigenvalue weighted by atomic mass is 16.6. The van der Waals surface area contributed by atoms with E-state index >= 15 is 0 Å². The molecule has 3 amide bonds. The lowest BCUT2D eigenvalue weighted by Gasteiger charge is -2.22. The van der Waals surface area contributed by atoms with E-state index in [0.29, 0.717) is 6.61 Å². The van der Waals surface area contributed by atoms with E-state index < -0.39 is 24.5 Å². The van der Waals surface area contributed by atoms with Gasteiger partial charge in [-0.1, -0.05) is 19.3 Å². The molecule has 0 aromatic heterocycles. The lowest BCUT2D eigenvalue weighted by molar-refractivity contribution is -0.149. The zero-order chi connectivity index (χ0) is 15.8. The third-order valence-electron chi connectivity index (χ3n) is 3.38. The van der Waals surface area contributed by atoms with Crippen LogP contribution < -0.4 is 10.6 Å². The Balaban J connectivity index is 1.65. The topological polar surface area (TPSA) is 103 Å². The third-order valence-corrected chi connectivity index (χ3v) is 3.38. The fourth-order valence-electron chi connectivity index (χ4n) is 2.31. The Bertz CT molecular complexity index is 456. The van der Waals surface area contributed by atoms with E-state index in [1.54, 1.807) is 0 Å². The standard InChI is InChI=1S/C14H20N2O6/c17-12(9-22-13(18)11-8-20-6-7-21-11)16-14(19)15-10-4-2-1-3-5-10/h8,10H,1-7,9H2,(H2,15,16,17,19). The Hall–Kier alpha value is -2.25. The van der Waals surface area contributed by atoms with E-state index in [1.807, 2.05) is 0 Å². The van der Waals surface area contributed by atoms with Gasteiger partial charge in [0.1, 0.15) is 19.5 Å². The van der Waals surface area contributed by atoms with Gasteiger partial charge in [-0.05, 0) is 12.8 Å². The van der Waals surface area contributed by atoms with E-state index in [-0.39, 0.29) is 18.4 Å². The smallest absolute Gasteiger partial charge is 0.377 e. The van der Waals surface area contributed by atoms with Gasteiger partial charge in [-0.25, -0.2) is 9.59 Å². The second kappa shape index (κ2) is 8.26. The first kappa shape index (κ1) is 16.1. The number of carbonyl (C=O) groups excluding carboxylic acids is 3. The molecule has 22 heavy (non-hydrogen) atoms. The molecule has 0 aromatic carbocycles. The number of ether oxygens (including phenoxy) is 3. The molecule has 1 fully saturated rings. The van der Waals surface area contributed by atoms with Crippen molar-refractivity contribution < 1.29 is 28.6 Å². The second-order valence-electron chi connectivity index (χ2n) is 5.13. The summed E-state index contributed by atoms with van der Waals surface area (Å²) in [6, 6.07) is -0.466. The average molecular weight is 312 g/mol. The number of rotatable bonds is 4. The van der Waals surface area contributed by atoms with E-state index in [2.05, 4.69) is 10.6 Å². The summed E-state index contributed by atoms with van der Waals surface area (Å²) in [5.74, 6) is -1.59. The Kier molecular flexibility index (Phi) is 6.05. The summed E-state index contributed by atoms with van der Waals surface area (Å²) in [7, 11) is 0. The van der Waals surface area contributed by atoms with Gasteiger partial charge in [0.05, 0.1) is 0 Å². The van der Waals surface area contributed by atoms with Gasteiger partial charge in [0.25, 0.3) is 5.91 Å². The van der Waals surface area contributed by atoms with Gasteiger partial charge in [-0.2, -0.15) is 0 Å². The number of hydrogen-bond donors (Lipinski definition) is 2. The van der Waals surface area contributed by atoms with Crippen molar-refractivity contribution in [3.05, 3.63) is 12.0 Å². The molecule has 1 aliphatic carbocycles. The van der Waals surface area contributed by atoms with E-state index in [9.17, 15) is 14.4 Å². The monoisotopic (exact) mass is 312 g/mol. The van der Waals surface area contributed by atoms with Crippen LogP contribution in [0.1, 0.15) is 32.1 Å². The minimum atomic E-state index is -0.803. The maximum Gasteiger partial charge on any atom is 0.377 e. The first-order valence-corrected chi connectivity index (χ1v) is 7.37. The van der Waals surface area contributed by atoms with Gasteiger partial charge in [0.15, 0.2) is 6.61 Å². The molecule has 1 heterocycles. The van der Waals surface area contributed by atoms with Gasteiger partial charge in [0, 0.05) is 6.04 Å². The number of hydrogen-bond acceptors (Lipinski definition) is 6. The highest BCUT2D eigenvalue weighted by molar-refractivity contribution is 5.96. The molecule has 0 atom stereocenters. The fourth-order valence-corrected chi connectivity index (χ4v) is 2.31. The van der Waals surface area contributed by atoms with Crippen molar-refractivity contribution in [1.29, 1.82) is 0 Å². The molecule has 0 saturated heterocycles. The molecular formula is C14H20N2O6. The van der Waals surface area contributed by atoms with Gasteiger partial charge >= 0.3 is 12.0 Å². The molecule has 2 aliphatic rings. The highest BCUT2D eigenvalue weighted by Crippen LogP contribution is 2.17. The van der Waals surface area contributed by atoms with Crippen LogP contribution in [0.25, 0.3) is 0 Å². The zero-order valence-corrected chi connectivity index (χ0v) is 12.3. The van der Waals surface area contributed by atoms with Gasteiger partial charge in [0.2, 0.25) is 5.76 Å². The minimum Gasteiger partial charge on any atom is -0.493 e. The van der Waals surface area contributed by atoms with Crippen molar-refractivity contribution in [3.63, 3.8) is 0 Å². The Morgan fingerprint density at radius 2 is 1.95 bits per heavy atom. The molecule has 2 rings (SSSR count). The molecule has 1 aliphatic heterocycles. The SMILES string of the molecule is O=C(COC(=O)C1=COCCO1)NC(=O)NC1CCCCC1. The first-order valence-electron chi connectivity index (χ1n) is 7.37. The number of nitrogens with one attached hydrogen (secondary N) is 2. The number of esters is 1. The summed E-state index contributed by atoms with van der Waals surface area (Å²) >= 11 is 0. The average Bonchev–Trinajstić information content (AvgIpc) is 2.54. The molecule has 0 radical (unpaired) electrons. The second-order valence-corrected chi connectivity index (χ2v) is 5.13. The van der Waals surface area contributed by atoms with Crippen LogP contribution in [0.5, 0.6) is 0 Å². The van der Waals surface area contributed by atoms with E-state index in [0.717, 1.165) is 31.9 Å². The zero-order valence-electron chi connectivity index (χ0n) is 12.3. The Labute approximate surface area is 128 Å². The quantitative estimate of drug-likeness (QED) is 0.736. The summed E-state index contributed by atoms with van der Waals surface area (Å²) < 4.78 is 14.6. The summed E-state index contributed by atoms with van der Waals surface area (Å²) in [6.45, 7) is 0.0488. The first-order chi connectivity index (χ1) is 10.6. The van der Waals surface area contributed by atoms with Crippen molar-refractivity contribution in [2.45, 2.75) is 38.1 Å². The van der Waals surface area contributed by atoms with Crippen LogP contribution in [-0.4, -0.2) is 43.8 Å². The number of amides is 3. The van der Waals surface area contributed by atoms with Crippen molar-refractivity contribution >= 4 is 17.9 Å². The van der Waals surface area contributed by atoms with Crippen molar-refractivity contribution in [1.82, 2.24) is 10.6 Å². The Morgan fingerprint density at radius 1 is 1.18 bits per heavy atom. The normalized spacial score (nSPS) is 18.3. The van der Waals surface area contributed by atoms with E-state index in [1.165, 1.54) is 6.42 Å². The molecule has 122 valence electrons. The maximum atomic E-state index is 11.6. The van der Waals surface area contributed by atoms with Crippen LogP contribution in [0.2, 0.25) is 0 Å². The minimum absolute atomic E-state index is 0.0919. The van der Waals surface area contributed by atoms with Crippen LogP contribution in [0, 0.1) is 0 Å². The van der Waals surface area contributed by atoms with Crippen LogP contribution in [0.15, 0.2) is 12.0 Å². The number of urea groups is 1. The van der Waals surface area contributed by atoms with Gasteiger partial charge < -0.3 is 19.5 Å². The summed E-state index contributed by atoms with van der Waals surface area (Å²) in [6.07, 6.45) is 6.31. The summed E-state index contributed by atoms with van der Waals surface area (Å²) in [5, 5.41) is 4.86. The lowest BCUT2D eigenvalue weighted by Crippen LogP contribution is -2.46. The molecule has 0 bridgehead atoms. The predicted molar refractivity (Wildman–Crippen MR) is 74.5 cm³/mol. The van der Waals surface area contributed by atoms with E-state index in [4.69, 9.17) is 14.2 Å². The molecule has 2 N–H and O–H groups in total. The van der Waals surface area contributed by atoms with Gasteiger partial charge in [-0.15, -0.1) is 0 Å². The largest absolute Gasteiger partial charge is 0.493 e. The molecule has 8 nitrogen and oxygen atoms in total.